The number of thiocarbonyl (C=S) groups is 1. The van der Waals surface area contributed by atoms with Crippen molar-refractivity contribution in [3.05, 3.63) is 51.7 Å². The SMILES string of the molecule is C=C(C)C(O)=C(C#N)C(=S)Nc1ccc(Cl)cc1Cl. The van der Waals surface area contributed by atoms with Gasteiger partial charge in [-0.05, 0) is 30.7 Å². The second kappa shape index (κ2) is 6.58. The maximum absolute atomic E-state index is 9.72. The summed E-state index contributed by atoms with van der Waals surface area (Å²) in [6.07, 6.45) is 0. The predicted molar refractivity (Wildman–Crippen MR) is 82.8 cm³/mol. The van der Waals surface area contributed by atoms with Gasteiger partial charge in [-0.15, -0.1) is 0 Å². The zero-order chi connectivity index (χ0) is 14.6. The van der Waals surface area contributed by atoms with Crippen molar-refractivity contribution in [1.82, 2.24) is 0 Å². The Morgan fingerprint density at radius 2 is 2.11 bits per heavy atom. The molecule has 0 saturated carbocycles. The van der Waals surface area contributed by atoms with Crippen molar-refractivity contribution >= 4 is 46.1 Å². The van der Waals surface area contributed by atoms with Gasteiger partial charge in [-0.3, -0.25) is 0 Å². The number of allylic oxidation sites excluding steroid dienone is 1. The quantitative estimate of drug-likeness (QED) is 0.280. The van der Waals surface area contributed by atoms with Crippen LogP contribution in [0.1, 0.15) is 6.92 Å². The third kappa shape index (κ3) is 3.97. The minimum atomic E-state index is -0.245. The van der Waals surface area contributed by atoms with Gasteiger partial charge < -0.3 is 10.4 Å². The molecule has 2 N–H and O–H groups in total. The molecular formula is C13H10Cl2N2OS. The van der Waals surface area contributed by atoms with Gasteiger partial charge in [0.25, 0.3) is 0 Å². The molecule has 19 heavy (non-hydrogen) atoms. The van der Waals surface area contributed by atoms with E-state index in [0.717, 1.165) is 0 Å². The summed E-state index contributed by atoms with van der Waals surface area (Å²) in [4.78, 5) is 0.0622. The van der Waals surface area contributed by atoms with Crippen molar-refractivity contribution in [2.45, 2.75) is 6.92 Å². The summed E-state index contributed by atoms with van der Waals surface area (Å²) >= 11 is 16.8. The Morgan fingerprint density at radius 1 is 1.47 bits per heavy atom. The lowest BCUT2D eigenvalue weighted by atomic mass is 10.1. The molecule has 0 atom stereocenters. The van der Waals surface area contributed by atoms with Crippen LogP contribution in [0.3, 0.4) is 0 Å². The number of anilines is 1. The fourth-order valence-electron chi connectivity index (χ4n) is 1.20. The van der Waals surface area contributed by atoms with Gasteiger partial charge in [-0.1, -0.05) is 42.0 Å². The molecule has 6 heteroatoms. The van der Waals surface area contributed by atoms with Gasteiger partial charge >= 0.3 is 0 Å². The van der Waals surface area contributed by atoms with E-state index in [1.54, 1.807) is 25.1 Å². The molecule has 0 aliphatic carbocycles. The summed E-state index contributed by atoms with van der Waals surface area (Å²) in [5, 5.41) is 22.4. The summed E-state index contributed by atoms with van der Waals surface area (Å²) < 4.78 is 0. The van der Waals surface area contributed by atoms with Gasteiger partial charge in [0.15, 0.2) is 0 Å². The van der Waals surface area contributed by atoms with Gasteiger partial charge in [0.05, 0.1) is 10.7 Å². The Morgan fingerprint density at radius 3 is 2.58 bits per heavy atom. The number of hydrogen-bond acceptors (Lipinski definition) is 3. The van der Waals surface area contributed by atoms with E-state index in [0.29, 0.717) is 21.3 Å². The van der Waals surface area contributed by atoms with Crippen LogP contribution in [-0.2, 0) is 0 Å². The Kier molecular flexibility index (Phi) is 5.37. The lowest BCUT2D eigenvalue weighted by Crippen LogP contribution is -2.13. The van der Waals surface area contributed by atoms with Crippen LogP contribution in [-0.4, -0.2) is 10.1 Å². The Bertz CT molecular complexity index is 618. The van der Waals surface area contributed by atoms with Crippen molar-refractivity contribution in [1.29, 1.82) is 5.26 Å². The number of nitrogens with zero attached hydrogens (tertiary/aromatic N) is 1. The molecule has 0 heterocycles. The van der Waals surface area contributed by atoms with Crippen LogP contribution in [0.5, 0.6) is 0 Å². The number of benzene rings is 1. The van der Waals surface area contributed by atoms with Crippen LogP contribution >= 0.6 is 35.4 Å². The van der Waals surface area contributed by atoms with Crippen molar-refractivity contribution in [3.8, 4) is 6.07 Å². The van der Waals surface area contributed by atoms with Crippen LogP contribution in [0.25, 0.3) is 0 Å². The fourth-order valence-corrected chi connectivity index (χ4v) is 1.91. The number of rotatable bonds is 3. The highest BCUT2D eigenvalue weighted by molar-refractivity contribution is 7.81. The second-order valence-electron chi connectivity index (χ2n) is 3.69. The maximum atomic E-state index is 9.72. The minimum Gasteiger partial charge on any atom is -0.506 e. The lowest BCUT2D eigenvalue weighted by molar-refractivity contribution is 0.422. The van der Waals surface area contributed by atoms with E-state index in [2.05, 4.69) is 11.9 Å². The van der Waals surface area contributed by atoms with E-state index in [9.17, 15) is 5.11 Å². The number of nitriles is 1. The summed E-state index contributed by atoms with van der Waals surface area (Å²) in [6.45, 7) is 5.13. The lowest BCUT2D eigenvalue weighted by Gasteiger charge is -2.10. The highest BCUT2D eigenvalue weighted by Crippen LogP contribution is 2.26. The van der Waals surface area contributed by atoms with Crippen LogP contribution < -0.4 is 5.32 Å². The van der Waals surface area contributed by atoms with Crippen LogP contribution in [0.2, 0.25) is 10.0 Å². The van der Waals surface area contributed by atoms with Gasteiger partial charge in [-0.2, -0.15) is 5.26 Å². The van der Waals surface area contributed by atoms with Crippen LogP contribution in [0, 0.1) is 11.3 Å². The average molecular weight is 313 g/mol. The van der Waals surface area contributed by atoms with Gasteiger partial charge in [0, 0.05) is 5.02 Å². The summed E-state index contributed by atoms with van der Waals surface area (Å²) in [5.41, 5.74) is 0.787. The monoisotopic (exact) mass is 312 g/mol. The first-order chi connectivity index (χ1) is 8.86. The standard InChI is InChI=1S/C13H10Cl2N2OS/c1-7(2)12(18)9(6-16)13(19)17-11-4-3-8(14)5-10(11)15/h3-5,18H,1H2,2H3,(H,17,19). The van der Waals surface area contributed by atoms with E-state index >= 15 is 0 Å². The topological polar surface area (TPSA) is 56.0 Å². The number of aliphatic hydroxyl groups is 1. The Labute approximate surface area is 126 Å². The molecule has 98 valence electrons. The first-order valence-corrected chi connectivity index (χ1v) is 6.29. The molecule has 3 nitrogen and oxygen atoms in total. The maximum Gasteiger partial charge on any atom is 0.138 e. The summed E-state index contributed by atoms with van der Waals surface area (Å²) in [6, 6.07) is 6.63. The molecule has 0 aliphatic heterocycles. The van der Waals surface area contributed by atoms with Crippen molar-refractivity contribution in [2.24, 2.45) is 0 Å². The van der Waals surface area contributed by atoms with E-state index < -0.39 is 0 Å². The predicted octanol–water partition coefficient (Wildman–Crippen LogP) is 4.64. The largest absolute Gasteiger partial charge is 0.506 e. The zero-order valence-electron chi connectivity index (χ0n) is 10.00. The summed E-state index contributed by atoms with van der Waals surface area (Å²) in [5.74, 6) is -0.245. The van der Waals surface area contributed by atoms with Gasteiger partial charge in [0.2, 0.25) is 0 Å². The van der Waals surface area contributed by atoms with Crippen LogP contribution in [0.15, 0.2) is 41.7 Å². The molecule has 1 aromatic rings. The molecule has 1 rings (SSSR count). The minimum absolute atomic E-state index is 0.0616. The fraction of sp³-hybridized carbons (Fsp3) is 0.0769. The van der Waals surface area contributed by atoms with E-state index in [1.807, 2.05) is 6.07 Å². The van der Waals surface area contributed by atoms with Crippen molar-refractivity contribution in [3.63, 3.8) is 0 Å². The Balaban J connectivity index is 3.06. The normalized spacial score (nSPS) is 11.3. The molecule has 0 saturated heterocycles. The average Bonchev–Trinajstić information content (AvgIpc) is 2.33. The molecule has 0 bridgehead atoms. The molecule has 1 aromatic carbocycles. The third-order valence-electron chi connectivity index (χ3n) is 2.16. The number of halogens is 2. The zero-order valence-corrected chi connectivity index (χ0v) is 12.3. The molecule has 0 radical (unpaired) electrons. The molecule has 0 amide bonds. The number of nitrogens with one attached hydrogen (secondary N) is 1. The van der Waals surface area contributed by atoms with Gasteiger partial charge in [0.1, 0.15) is 22.4 Å². The van der Waals surface area contributed by atoms with Gasteiger partial charge in [-0.25, -0.2) is 0 Å². The molecular weight excluding hydrogens is 303 g/mol. The molecule has 0 fully saturated rings. The van der Waals surface area contributed by atoms with Crippen LogP contribution in [0.4, 0.5) is 5.69 Å². The highest BCUT2D eigenvalue weighted by atomic mass is 35.5. The highest BCUT2D eigenvalue weighted by Gasteiger charge is 2.13. The Hall–Kier alpha value is -1.54. The van der Waals surface area contributed by atoms with E-state index in [1.165, 1.54) is 0 Å². The van der Waals surface area contributed by atoms with E-state index in [-0.39, 0.29) is 16.3 Å². The number of hydrogen-bond donors (Lipinski definition) is 2. The first kappa shape index (κ1) is 15.5. The number of aliphatic hydroxyl groups excluding tert-OH is 1. The third-order valence-corrected chi connectivity index (χ3v) is 3.01. The molecule has 0 aromatic heterocycles. The molecule has 0 unspecified atom stereocenters. The first-order valence-electron chi connectivity index (χ1n) is 5.12. The molecule has 0 spiro atoms. The second-order valence-corrected chi connectivity index (χ2v) is 4.95. The molecule has 0 aliphatic rings. The van der Waals surface area contributed by atoms with E-state index in [4.69, 9.17) is 40.7 Å². The smallest absolute Gasteiger partial charge is 0.138 e. The van der Waals surface area contributed by atoms with Crippen molar-refractivity contribution in [2.75, 3.05) is 5.32 Å². The summed E-state index contributed by atoms with van der Waals surface area (Å²) in [7, 11) is 0. The van der Waals surface area contributed by atoms with Crippen molar-refractivity contribution < 1.29 is 5.11 Å².